The Bertz CT molecular complexity index is 315. The first-order valence-electron chi connectivity index (χ1n) is 3.64. The molecule has 2 nitrogen and oxygen atoms in total. The van der Waals surface area contributed by atoms with E-state index >= 15 is 0 Å². The molecule has 0 aliphatic carbocycles. The molecule has 0 fully saturated rings. The van der Waals surface area contributed by atoms with E-state index in [1.54, 1.807) is 6.07 Å². The Labute approximate surface area is 86.0 Å². The molecule has 0 saturated heterocycles. The first kappa shape index (κ1) is 10.6. The zero-order chi connectivity index (χ0) is 10.0. The average molecular weight is 223 g/mol. The molecule has 0 spiro atoms. The third kappa shape index (κ3) is 2.05. The second-order valence-electron chi connectivity index (χ2n) is 2.54. The lowest BCUT2D eigenvalue weighted by molar-refractivity contribution is 0.474. The van der Waals surface area contributed by atoms with Crippen molar-refractivity contribution >= 4 is 28.9 Å². The Morgan fingerprint density at radius 2 is 1.92 bits per heavy atom. The number of hydrogen-bond acceptors (Lipinski definition) is 2. The average Bonchev–Trinajstić information content (AvgIpc) is 2.07. The van der Waals surface area contributed by atoms with Gasteiger partial charge in [0.15, 0.2) is 0 Å². The highest BCUT2D eigenvalue weighted by atomic mass is 35.5. The van der Waals surface area contributed by atoms with Crippen molar-refractivity contribution in [1.82, 2.24) is 0 Å². The second-order valence-corrected chi connectivity index (χ2v) is 3.35. The van der Waals surface area contributed by atoms with E-state index in [0.29, 0.717) is 20.7 Å². The van der Waals surface area contributed by atoms with E-state index in [1.807, 2.05) is 0 Å². The van der Waals surface area contributed by atoms with E-state index < -0.39 is 0 Å². The van der Waals surface area contributed by atoms with Crippen molar-refractivity contribution in [2.75, 3.05) is 12.2 Å². The molecule has 1 aromatic carbocycles. The third-order valence-electron chi connectivity index (χ3n) is 1.69. The summed E-state index contributed by atoms with van der Waals surface area (Å²) in [7, 11) is 1.25. The summed E-state index contributed by atoms with van der Waals surface area (Å²) in [6.07, 6.45) is 0. The number of halogens is 3. The fraction of sp³-hybridized carbons (Fsp3) is 0.250. The molecule has 5 heteroatoms. The number of rotatable bonds is 2. The lowest BCUT2D eigenvalue weighted by Gasteiger charge is -2.15. The molecule has 0 heterocycles. The van der Waals surface area contributed by atoms with Gasteiger partial charge in [0.05, 0.1) is 10.7 Å². The van der Waals surface area contributed by atoms with E-state index in [9.17, 15) is 4.48 Å². The SMILES string of the molecule is CN(F)c1c(Cl)ccc(Cl)c1CN. The summed E-state index contributed by atoms with van der Waals surface area (Å²) in [6.45, 7) is 0.156. The van der Waals surface area contributed by atoms with Crippen LogP contribution in [-0.2, 0) is 6.54 Å². The molecule has 1 aromatic rings. The second kappa shape index (κ2) is 4.13. The van der Waals surface area contributed by atoms with Crippen LogP contribution >= 0.6 is 23.2 Å². The van der Waals surface area contributed by atoms with Crippen LogP contribution in [0.15, 0.2) is 12.1 Å². The fourth-order valence-electron chi connectivity index (χ4n) is 1.11. The van der Waals surface area contributed by atoms with Crippen molar-refractivity contribution in [3.8, 4) is 0 Å². The molecule has 0 radical (unpaired) electrons. The van der Waals surface area contributed by atoms with Gasteiger partial charge in [0.25, 0.3) is 0 Å². The quantitative estimate of drug-likeness (QED) is 0.781. The standard InChI is InChI=1S/C8H9Cl2FN2/c1-13(11)8-5(4-12)6(9)2-3-7(8)10/h2-3H,4,12H2,1H3. The van der Waals surface area contributed by atoms with Gasteiger partial charge in [-0.1, -0.05) is 23.2 Å². The van der Waals surface area contributed by atoms with Crippen LogP contribution in [0.3, 0.4) is 0 Å². The highest BCUT2D eigenvalue weighted by Gasteiger charge is 2.13. The Hall–Kier alpha value is -0.510. The van der Waals surface area contributed by atoms with Crippen LogP contribution in [0.1, 0.15) is 5.56 Å². The van der Waals surface area contributed by atoms with Crippen LogP contribution in [0.4, 0.5) is 10.2 Å². The van der Waals surface area contributed by atoms with Crippen molar-refractivity contribution < 1.29 is 4.48 Å². The van der Waals surface area contributed by atoms with Gasteiger partial charge in [-0.2, -0.15) is 0 Å². The Balaban J connectivity index is 3.35. The molecule has 0 aromatic heterocycles. The minimum Gasteiger partial charge on any atom is -0.326 e. The normalized spacial score (nSPS) is 10.2. The van der Waals surface area contributed by atoms with E-state index in [2.05, 4.69) is 0 Å². The van der Waals surface area contributed by atoms with Crippen LogP contribution in [0.2, 0.25) is 10.0 Å². The summed E-state index contributed by atoms with van der Waals surface area (Å²) in [4.78, 5) is 0. The first-order valence-corrected chi connectivity index (χ1v) is 4.40. The minimum atomic E-state index is 0.156. The zero-order valence-corrected chi connectivity index (χ0v) is 8.53. The fourth-order valence-corrected chi connectivity index (χ4v) is 1.63. The van der Waals surface area contributed by atoms with Gasteiger partial charge in [0, 0.05) is 24.2 Å². The summed E-state index contributed by atoms with van der Waals surface area (Å²) in [6, 6.07) is 3.13. The molecule has 0 aliphatic heterocycles. The number of benzene rings is 1. The highest BCUT2D eigenvalue weighted by Crippen LogP contribution is 2.33. The predicted molar refractivity (Wildman–Crippen MR) is 53.9 cm³/mol. The summed E-state index contributed by atoms with van der Waals surface area (Å²) in [5, 5.41) is 1.14. The van der Waals surface area contributed by atoms with E-state index in [1.165, 1.54) is 13.1 Å². The van der Waals surface area contributed by atoms with Crippen LogP contribution in [0, 0.1) is 0 Å². The first-order chi connectivity index (χ1) is 6.07. The third-order valence-corrected chi connectivity index (χ3v) is 2.35. The molecular weight excluding hydrogens is 214 g/mol. The van der Waals surface area contributed by atoms with Gasteiger partial charge in [0.1, 0.15) is 0 Å². The molecule has 1 rings (SSSR count). The molecule has 13 heavy (non-hydrogen) atoms. The van der Waals surface area contributed by atoms with Gasteiger partial charge in [0.2, 0.25) is 0 Å². The summed E-state index contributed by atoms with van der Waals surface area (Å²) >= 11 is 11.6. The molecule has 0 saturated carbocycles. The van der Waals surface area contributed by atoms with E-state index in [4.69, 9.17) is 28.9 Å². The Morgan fingerprint density at radius 1 is 1.38 bits per heavy atom. The lowest BCUT2D eigenvalue weighted by Crippen LogP contribution is -2.10. The summed E-state index contributed by atoms with van der Waals surface area (Å²) in [5.74, 6) is 0. The maximum Gasteiger partial charge on any atom is 0.0930 e. The van der Waals surface area contributed by atoms with Gasteiger partial charge in [-0.3, -0.25) is 0 Å². The molecular formula is C8H9Cl2FN2. The van der Waals surface area contributed by atoms with Crippen molar-refractivity contribution in [2.45, 2.75) is 6.54 Å². The van der Waals surface area contributed by atoms with E-state index in [-0.39, 0.29) is 12.2 Å². The van der Waals surface area contributed by atoms with Gasteiger partial charge >= 0.3 is 0 Å². The van der Waals surface area contributed by atoms with Crippen LogP contribution < -0.4 is 10.9 Å². The largest absolute Gasteiger partial charge is 0.326 e. The van der Waals surface area contributed by atoms with Crippen LogP contribution in [0.25, 0.3) is 0 Å². The molecule has 0 amide bonds. The molecule has 0 atom stereocenters. The van der Waals surface area contributed by atoms with Crippen molar-refractivity contribution in [2.24, 2.45) is 5.73 Å². The Kier molecular flexibility index (Phi) is 3.36. The van der Waals surface area contributed by atoms with E-state index in [0.717, 1.165) is 0 Å². The van der Waals surface area contributed by atoms with Crippen LogP contribution in [-0.4, -0.2) is 7.05 Å². The number of hydrogen-bond donors (Lipinski definition) is 1. The minimum absolute atomic E-state index is 0.156. The number of anilines is 1. The number of nitrogens with zero attached hydrogens (tertiary/aromatic N) is 1. The summed E-state index contributed by atoms with van der Waals surface area (Å²) < 4.78 is 13.0. The Morgan fingerprint density at radius 3 is 2.31 bits per heavy atom. The molecule has 0 unspecified atom stereocenters. The lowest BCUT2D eigenvalue weighted by atomic mass is 10.2. The van der Waals surface area contributed by atoms with Gasteiger partial charge in [-0.15, -0.1) is 4.48 Å². The van der Waals surface area contributed by atoms with Crippen molar-refractivity contribution in [3.05, 3.63) is 27.7 Å². The maximum atomic E-state index is 13.0. The van der Waals surface area contributed by atoms with Gasteiger partial charge in [-0.25, -0.2) is 5.12 Å². The molecule has 2 N–H and O–H groups in total. The molecule has 0 bridgehead atoms. The summed E-state index contributed by atoms with van der Waals surface area (Å²) in [5.41, 5.74) is 6.17. The predicted octanol–water partition coefficient (Wildman–Crippen LogP) is 2.77. The maximum absolute atomic E-state index is 13.0. The van der Waals surface area contributed by atoms with Crippen molar-refractivity contribution in [3.63, 3.8) is 0 Å². The molecule has 72 valence electrons. The monoisotopic (exact) mass is 222 g/mol. The zero-order valence-electron chi connectivity index (χ0n) is 7.02. The number of nitrogens with two attached hydrogens (primary N) is 1. The highest BCUT2D eigenvalue weighted by molar-refractivity contribution is 6.36. The van der Waals surface area contributed by atoms with Gasteiger partial charge < -0.3 is 5.73 Å². The molecule has 0 aliphatic rings. The smallest absolute Gasteiger partial charge is 0.0930 e. The van der Waals surface area contributed by atoms with Crippen molar-refractivity contribution in [1.29, 1.82) is 0 Å². The van der Waals surface area contributed by atoms with Crippen LogP contribution in [0.5, 0.6) is 0 Å². The van der Waals surface area contributed by atoms with Gasteiger partial charge in [-0.05, 0) is 12.1 Å². The topological polar surface area (TPSA) is 29.3 Å².